The number of hydrogen-bond donors (Lipinski definition) is 1. The van der Waals surface area contributed by atoms with Gasteiger partial charge in [0.2, 0.25) is 0 Å². The summed E-state index contributed by atoms with van der Waals surface area (Å²) in [6, 6.07) is 5.54. The molecule has 192 valence electrons. The SMILES string of the molecule is CCCCCCCCC(CCCCc1cccc(C(F)(F)F)c1)C(O)(OC(C)C)OC(C)C. The van der Waals surface area contributed by atoms with Crippen LogP contribution in [0.2, 0.25) is 0 Å². The number of aryl methyl sites for hydroxylation is 1. The van der Waals surface area contributed by atoms with Crippen LogP contribution in [0, 0.1) is 5.92 Å². The summed E-state index contributed by atoms with van der Waals surface area (Å²) < 4.78 is 50.7. The van der Waals surface area contributed by atoms with Crippen molar-refractivity contribution in [3.8, 4) is 0 Å². The highest BCUT2D eigenvalue weighted by molar-refractivity contribution is 5.25. The molecule has 0 saturated heterocycles. The summed E-state index contributed by atoms with van der Waals surface area (Å²) >= 11 is 0. The third-order valence-corrected chi connectivity index (χ3v) is 5.75. The molecule has 0 bridgehead atoms. The molecule has 1 aromatic rings. The maximum absolute atomic E-state index is 13.0. The Kier molecular flexibility index (Phi) is 13.6. The number of aliphatic hydroxyl groups is 1. The molecule has 33 heavy (non-hydrogen) atoms. The average Bonchev–Trinajstić information content (AvgIpc) is 2.70. The molecule has 6 heteroatoms. The molecule has 0 aliphatic carbocycles. The van der Waals surface area contributed by atoms with Crippen LogP contribution < -0.4 is 0 Å². The van der Waals surface area contributed by atoms with Crippen LogP contribution in [-0.2, 0) is 22.1 Å². The lowest BCUT2D eigenvalue weighted by Crippen LogP contribution is -2.47. The molecule has 1 rings (SSSR count). The minimum atomic E-state index is -4.32. The topological polar surface area (TPSA) is 38.7 Å². The Morgan fingerprint density at radius 1 is 0.818 bits per heavy atom. The van der Waals surface area contributed by atoms with Crippen LogP contribution in [-0.4, -0.2) is 23.3 Å². The van der Waals surface area contributed by atoms with Crippen molar-refractivity contribution in [2.24, 2.45) is 5.92 Å². The van der Waals surface area contributed by atoms with E-state index in [0.29, 0.717) is 18.4 Å². The maximum atomic E-state index is 13.0. The molecule has 0 saturated carbocycles. The van der Waals surface area contributed by atoms with Crippen molar-refractivity contribution in [3.63, 3.8) is 0 Å². The highest BCUT2D eigenvalue weighted by atomic mass is 19.4. The van der Waals surface area contributed by atoms with Gasteiger partial charge in [-0.05, 0) is 65.0 Å². The van der Waals surface area contributed by atoms with Gasteiger partial charge in [0.25, 0.3) is 5.97 Å². The first-order valence-electron chi connectivity index (χ1n) is 12.7. The molecule has 0 amide bonds. The summed E-state index contributed by atoms with van der Waals surface area (Å²) in [6.45, 7) is 9.71. The normalized spacial score (nSPS) is 13.8. The van der Waals surface area contributed by atoms with Gasteiger partial charge in [0.1, 0.15) is 0 Å². The van der Waals surface area contributed by atoms with Crippen molar-refractivity contribution in [1.29, 1.82) is 0 Å². The van der Waals surface area contributed by atoms with Gasteiger partial charge in [0, 0.05) is 5.92 Å². The van der Waals surface area contributed by atoms with Crippen LogP contribution in [0.5, 0.6) is 0 Å². The number of rotatable bonds is 17. The summed E-state index contributed by atoms with van der Waals surface area (Å²) in [6.07, 6.45) is 5.86. The van der Waals surface area contributed by atoms with Crippen molar-refractivity contribution >= 4 is 0 Å². The summed E-state index contributed by atoms with van der Waals surface area (Å²) in [5.74, 6) is -1.84. The number of hydrogen-bond acceptors (Lipinski definition) is 3. The van der Waals surface area contributed by atoms with Gasteiger partial charge in [-0.1, -0.05) is 70.1 Å². The number of halogens is 3. The van der Waals surface area contributed by atoms with Crippen molar-refractivity contribution < 1.29 is 27.8 Å². The second-order valence-corrected chi connectivity index (χ2v) is 9.66. The lowest BCUT2D eigenvalue weighted by atomic mass is 9.91. The molecule has 1 unspecified atom stereocenters. The molecule has 0 radical (unpaired) electrons. The highest BCUT2D eigenvalue weighted by Gasteiger charge is 2.40. The number of ether oxygens (including phenoxy) is 2. The van der Waals surface area contributed by atoms with Crippen molar-refractivity contribution in [3.05, 3.63) is 35.4 Å². The standard InChI is InChI=1S/C27H45F3O3/c1-6-7-8-9-10-11-17-24(27(31,32-21(2)3)33-22(4)5)18-13-12-15-23-16-14-19-25(20-23)26(28,29)30/h14,16,19-22,24,31H,6-13,15,17-18H2,1-5H3. The van der Waals surface area contributed by atoms with Gasteiger partial charge in [-0.15, -0.1) is 0 Å². The largest absolute Gasteiger partial charge is 0.416 e. The molecule has 0 aromatic heterocycles. The van der Waals surface area contributed by atoms with E-state index in [1.54, 1.807) is 6.07 Å². The zero-order valence-corrected chi connectivity index (χ0v) is 21.2. The molecule has 0 fully saturated rings. The van der Waals surface area contributed by atoms with Crippen LogP contribution in [0.1, 0.15) is 110 Å². The molecule has 1 aromatic carbocycles. The summed E-state index contributed by atoms with van der Waals surface area (Å²) in [5.41, 5.74) is 0.0791. The maximum Gasteiger partial charge on any atom is 0.416 e. The predicted molar refractivity (Wildman–Crippen MR) is 128 cm³/mol. The minimum absolute atomic E-state index is 0.185. The molecule has 0 heterocycles. The second-order valence-electron chi connectivity index (χ2n) is 9.66. The molecule has 1 N–H and O–H groups in total. The molecular formula is C27H45F3O3. The Bertz CT molecular complexity index is 634. The van der Waals surface area contributed by atoms with E-state index in [1.165, 1.54) is 37.8 Å². The first-order valence-corrected chi connectivity index (χ1v) is 12.7. The van der Waals surface area contributed by atoms with Crippen LogP contribution in [0.4, 0.5) is 13.2 Å². The van der Waals surface area contributed by atoms with Crippen molar-refractivity contribution in [2.75, 3.05) is 0 Å². The summed E-state index contributed by atoms with van der Waals surface area (Å²) in [7, 11) is 0. The van der Waals surface area contributed by atoms with Gasteiger partial charge in [0.15, 0.2) is 0 Å². The third kappa shape index (κ3) is 12.2. The van der Waals surface area contributed by atoms with E-state index in [-0.39, 0.29) is 18.1 Å². The zero-order valence-electron chi connectivity index (χ0n) is 21.2. The lowest BCUT2D eigenvalue weighted by Gasteiger charge is -2.38. The van der Waals surface area contributed by atoms with E-state index in [2.05, 4.69) is 6.92 Å². The average molecular weight is 475 g/mol. The fraction of sp³-hybridized carbons (Fsp3) is 0.778. The van der Waals surface area contributed by atoms with Gasteiger partial charge in [-0.3, -0.25) is 0 Å². The Morgan fingerprint density at radius 3 is 1.91 bits per heavy atom. The van der Waals surface area contributed by atoms with Gasteiger partial charge in [0.05, 0.1) is 17.8 Å². The Morgan fingerprint density at radius 2 is 1.36 bits per heavy atom. The van der Waals surface area contributed by atoms with E-state index in [9.17, 15) is 18.3 Å². The molecule has 3 nitrogen and oxygen atoms in total. The van der Waals surface area contributed by atoms with Gasteiger partial charge >= 0.3 is 6.18 Å². The van der Waals surface area contributed by atoms with Crippen LogP contribution in [0.15, 0.2) is 24.3 Å². The highest BCUT2D eigenvalue weighted by Crippen LogP contribution is 2.34. The van der Waals surface area contributed by atoms with Crippen molar-refractivity contribution in [2.45, 2.75) is 130 Å². The first kappa shape index (κ1) is 29.9. The van der Waals surface area contributed by atoms with E-state index in [0.717, 1.165) is 38.2 Å². The lowest BCUT2D eigenvalue weighted by molar-refractivity contribution is -0.407. The smallest absolute Gasteiger partial charge is 0.343 e. The molecule has 0 aliphatic rings. The van der Waals surface area contributed by atoms with Crippen LogP contribution in [0.3, 0.4) is 0 Å². The monoisotopic (exact) mass is 474 g/mol. The van der Waals surface area contributed by atoms with Gasteiger partial charge < -0.3 is 14.6 Å². The molecule has 0 spiro atoms. The van der Waals surface area contributed by atoms with E-state index in [4.69, 9.17) is 9.47 Å². The fourth-order valence-electron chi connectivity index (χ4n) is 4.20. The fourth-order valence-corrected chi connectivity index (χ4v) is 4.20. The number of alkyl halides is 3. The summed E-state index contributed by atoms with van der Waals surface area (Å²) in [4.78, 5) is 0. The minimum Gasteiger partial charge on any atom is -0.343 e. The van der Waals surface area contributed by atoms with Gasteiger partial charge in [-0.2, -0.15) is 13.2 Å². The Labute approximate surface area is 199 Å². The van der Waals surface area contributed by atoms with E-state index in [1.807, 2.05) is 27.7 Å². The second kappa shape index (κ2) is 15.0. The van der Waals surface area contributed by atoms with Gasteiger partial charge in [-0.25, -0.2) is 0 Å². The number of unbranched alkanes of at least 4 members (excludes halogenated alkanes) is 6. The first-order chi connectivity index (χ1) is 15.5. The molecular weight excluding hydrogens is 429 g/mol. The number of benzene rings is 1. The predicted octanol–water partition coefficient (Wildman–Crippen LogP) is 8.28. The Hall–Kier alpha value is -1.11. The van der Waals surface area contributed by atoms with E-state index >= 15 is 0 Å². The molecule has 0 aliphatic heterocycles. The Balaban J connectivity index is 2.74. The van der Waals surface area contributed by atoms with Crippen LogP contribution >= 0.6 is 0 Å². The van der Waals surface area contributed by atoms with Crippen molar-refractivity contribution in [1.82, 2.24) is 0 Å². The van der Waals surface area contributed by atoms with Crippen LogP contribution in [0.25, 0.3) is 0 Å². The molecule has 1 atom stereocenters. The zero-order chi connectivity index (χ0) is 24.9. The summed E-state index contributed by atoms with van der Waals surface area (Å²) in [5, 5.41) is 11.3. The quantitative estimate of drug-likeness (QED) is 0.182. The third-order valence-electron chi connectivity index (χ3n) is 5.75. The van der Waals surface area contributed by atoms with E-state index < -0.39 is 17.7 Å².